The van der Waals surface area contributed by atoms with E-state index < -0.39 is 0 Å². The number of nitrogens with zero attached hydrogens (tertiary/aromatic N) is 1. The van der Waals surface area contributed by atoms with Crippen molar-refractivity contribution in [3.63, 3.8) is 0 Å². The summed E-state index contributed by atoms with van der Waals surface area (Å²) in [6.45, 7) is 0. The van der Waals surface area contributed by atoms with Gasteiger partial charge in [0.2, 0.25) is 0 Å². The van der Waals surface area contributed by atoms with Gasteiger partial charge >= 0.3 is 0 Å². The van der Waals surface area contributed by atoms with Gasteiger partial charge in [-0.15, -0.1) is 0 Å². The first-order valence-electron chi connectivity index (χ1n) is 6.91. The van der Waals surface area contributed by atoms with Gasteiger partial charge in [0.05, 0.1) is 25.9 Å². The summed E-state index contributed by atoms with van der Waals surface area (Å²) in [5.74, 6) is 1.55. The fraction of sp³-hybridized carbons (Fsp3) is 0.105. The first-order chi connectivity index (χ1) is 10.7. The molecule has 22 heavy (non-hydrogen) atoms. The highest BCUT2D eigenvalue weighted by atomic mass is 16.5. The highest BCUT2D eigenvalue weighted by molar-refractivity contribution is 5.93. The predicted molar refractivity (Wildman–Crippen MR) is 87.2 cm³/mol. The molecule has 3 rings (SSSR count). The summed E-state index contributed by atoms with van der Waals surface area (Å²) in [5.41, 5.74) is 2.65. The van der Waals surface area contributed by atoms with Gasteiger partial charge in [-0.2, -0.15) is 5.26 Å². The molecule has 0 heterocycles. The van der Waals surface area contributed by atoms with Crippen molar-refractivity contribution >= 4 is 10.8 Å². The van der Waals surface area contributed by atoms with Crippen LogP contribution in [0.1, 0.15) is 5.56 Å². The van der Waals surface area contributed by atoms with Crippen LogP contribution in [-0.2, 0) is 0 Å². The molecule has 0 bridgehead atoms. The van der Waals surface area contributed by atoms with E-state index in [1.54, 1.807) is 14.2 Å². The Morgan fingerprint density at radius 3 is 2.32 bits per heavy atom. The average molecular weight is 289 g/mol. The second kappa shape index (κ2) is 5.79. The second-order valence-corrected chi connectivity index (χ2v) is 4.95. The van der Waals surface area contributed by atoms with E-state index in [1.165, 1.54) is 0 Å². The molecule has 0 saturated heterocycles. The third-order valence-electron chi connectivity index (χ3n) is 3.68. The monoisotopic (exact) mass is 289 g/mol. The Morgan fingerprint density at radius 2 is 1.59 bits per heavy atom. The van der Waals surface area contributed by atoms with Gasteiger partial charge in [0.15, 0.2) is 0 Å². The number of methoxy groups -OCH3 is 2. The van der Waals surface area contributed by atoms with Crippen LogP contribution in [0.3, 0.4) is 0 Å². The Hall–Kier alpha value is -2.99. The van der Waals surface area contributed by atoms with Crippen LogP contribution in [0.25, 0.3) is 21.9 Å². The molecule has 0 unspecified atom stereocenters. The van der Waals surface area contributed by atoms with Crippen molar-refractivity contribution < 1.29 is 9.47 Å². The summed E-state index contributed by atoms with van der Waals surface area (Å²) in [6, 6.07) is 19.8. The van der Waals surface area contributed by atoms with Crippen molar-refractivity contribution in [1.29, 1.82) is 5.26 Å². The quantitative estimate of drug-likeness (QED) is 0.718. The fourth-order valence-electron chi connectivity index (χ4n) is 2.53. The summed E-state index contributed by atoms with van der Waals surface area (Å²) >= 11 is 0. The standard InChI is InChI=1S/C19H15NO2/c1-21-17-5-3-4-13(10-17)15-8-14-6-7-18(22-2)11-19(14)16(9-15)12-20/h3-11H,1-2H3. The summed E-state index contributed by atoms with van der Waals surface area (Å²) in [6.07, 6.45) is 0. The molecule has 0 radical (unpaired) electrons. The van der Waals surface area contributed by atoms with Crippen molar-refractivity contribution in [1.82, 2.24) is 0 Å². The molecular formula is C19H15NO2. The first kappa shape index (κ1) is 14.0. The number of nitriles is 1. The topological polar surface area (TPSA) is 42.2 Å². The van der Waals surface area contributed by atoms with Crippen molar-refractivity contribution in [2.45, 2.75) is 0 Å². The van der Waals surface area contributed by atoms with Gasteiger partial charge in [0.25, 0.3) is 0 Å². The van der Waals surface area contributed by atoms with Crippen LogP contribution >= 0.6 is 0 Å². The Morgan fingerprint density at radius 1 is 0.818 bits per heavy atom. The van der Waals surface area contributed by atoms with E-state index in [2.05, 4.69) is 12.1 Å². The number of hydrogen-bond acceptors (Lipinski definition) is 3. The molecule has 0 aliphatic heterocycles. The molecule has 0 aliphatic carbocycles. The van der Waals surface area contributed by atoms with Gasteiger partial charge in [0, 0.05) is 5.39 Å². The number of hydrogen-bond donors (Lipinski definition) is 0. The van der Waals surface area contributed by atoms with Crippen LogP contribution in [-0.4, -0.2) is 14.2 Å². The van der Waals surface area contributed by atoms with Gasteiger partial charge in [-0.25, -0.2) is 0 Å². The largest absolute Gasteiger partial charge is 0.497 e. The number of benzene rings is 3. The van der Waals surface area contributed by atoms with Crippen molar-refractivity contribution in [3.05, 3.63) is 60.2 Å². The zero-order valence-corrected chi connectivity index (χ0v) is 12.5. The van der Waals surface area contributed by atoms with Gasteiger partial charge in [-0.1, -0.05) is 18.2 Å². The molecule has 3 aromatic carbocycles. The first-order valence-corrected chi connectivity index (χ1v) is 6.91. The zero-order chi connectivity index (χ0) is 15.5. The van der Waals surface area contributed by atoms with Crippen LogP contribution in [0.2, 0.25) is 0 Å². The SMILES string of the molecule is COc1cccc(-c2cc(C#N)c3cc(OC)ccc3c2)c1. The fourth-order valence-corrected chi connectivity index (χ4v) is 2.53. The maximum Gasteiger partial charge on any atom is 0.119 e. The highest BCUT2D eigenvalue weighted by Crippen LogP contribution is 2.31. The van der Waals surface area contributed by atoms with Gasteiger partial charge in [-0.05, 0) is 52.9 Å². The van der Waals surface area contributed by atoms with E-state index >= 15 is 0 Å². The van der Waals surface area contributed by atoms with Gasteiger partial charge < -0.3 is 9.47 Å². The molecule has 3 aromatic rings. The minimum Gasteiger partial charge on any atom is -0.497 e. The number of rotatable bonds is 3. The van der Waals surface area contributed by atoms with Gasteiger partial charge in [-0.3, -0.25) is 0 Å². The average Bonchev–Trinajstić information content (AvgIpc) is 2.60. The minimum absolute atomic E-state index is 0.634. The third kappa shape index (κ3) is 2.47. The maximum atomic E-state index is 9.46. The van der Waals surface area contributed by atoms with Crippen molar-refractivity contribution in [2.24, 2.45) is 0 Å². The smallest absolute Gasteiger partial charge is 0.119 e. The van der Waals surface area contributed by atoms with Crippen LogP contribution in [0, 0.1) is 11.3 Å². The molecule has 0 amide bonds. The van der Waals surface area contributed by atoms with Crippen LogP contribution in [0.5, 0.6) is 11.5 Å². The van der Waals surface area contributed by atoms with E-state index in [4.69, 9.17) is 9.47 Å². The number of fused-ring (bicyclic) bond motifs is 1. The molecule has 0 saturated carbocycles. The third-order valence-corrected chi connectivity index (χ3v) is 3.68. The van der Waals surface area contributed by atoms with Gasteiger partial charge in [0.1, 0.15) is 11.5 Å². The zero-order valence-electron chi connectivity index (χ0n) is 12.5. The summed E-state index contributed by atoms with van der Waals surface area (Å²) in [4.78, 5) is 0. The summed E-state index contributed by atoms with van der Waals surface area (Å²) in [5, 5.41) is 11.4. The highest BCUT2D eigenvalue weighted by Gasteiger charge is 2.08. The van der Waals surface area contributed by atoms with Crippen LogP contribution in [0.4, 0.5) is 0 Å². The molecule has 0 aliphatic rings. The summed E-state index contributed by atoms with van der Waals surface area (Å²) in [7, 11) is 3.27. The minimum atomic E-state index is 0.634. The van der Waals surface area contributed by atoms with E-state index in [0.717, 1.165) is 33.4 Å². The molecule has 0 spiro atoms. The van der Waals surface area contributed by atoms with E-state index in [0.29, 0.717) is 5.56 Å². The van der Waals surface area contributed by atoms with E-state index in [1.807, 2.05) is 48.5 Å². The molecular weight excluding hydrogens is 274 g/mol. The Bertz CT molecular complexity index is 878. The molecule has 108 valence electrons. The van der Waals surface area contributed by atoms with Crippen LogP contribution in [0.15, 0.2) is 54.6 Å². The van der Waals surface area contributed by atoms with Crippen LogP contribution < -0.4 is 9.47 Å². The van der Waals surface area contributed by atoms with Crippen molar-refractivity contribution in [2.75, 3.05) is 14.2 Å². The lowest BCUT2D eigenvalue weighted by Crippen LogP contribution is -1.88. The Balaban J connectivity index is 2.21. The second-order valence-electron chi connectivity index (χ2n) is 4.95. The van der Waals surface area contributed by atoms with E-state index in [-0.39, 0.29) is 0 Å². The lowest BCUT2D eigenvalue weighted by Gasteiger charge is -2.09. The molecule has 3 nitrogen and oxygen atoms in total. The lowest BCUT2D eigenvalue weighted by molar-refractivity contribution is 0.415. The Kier molecular flexibility index (Phi) is 3.67. The van der Waals surface area contributed by atoms with E-state index in [9.17, 15) is 5.26 Å². The lowest BCUT2D eigenvalue weighted by atomic mass is 9.97. The Labute approximate surface area is 129 Å². The van der Waals surface area contributed by atoms with Crippen molar-refractivity contribution in [3.8, 4) is 28.7 Å². The normalized spacial score (nSPS) is 10.2. The predicted octanol–water partition coefficient (Wildman–Crippen LogP) is 4.40. The molecule has 0 fully saturated rings. The summed E-state index contributed by atoms with van der Waals surface area (Å²) < 4.78 is 10.5. The molecule has 0 aromatic heterocycles. The number of ether oxygens (including phenoxy) is 2. The molecule has 0 atom stereocenters. The maximum absolute atomic E-state index is 9.46. The molecule has 3 heteroatoms. The molecule has 0 N–H and O–H groups in total.